The number of hydrogen-bond acceptors (Lipinski definition) is 3. The molecule has 1 aromatic heterocycles. The van der Waals surface area contributed by atoms with Crippen molar-refractivity contribution >= 4 is 5.84 Å². The SMILES string of the molecule is Cn1cncc1C1=[N+]([O-])C(C)(C)C(C)(C)[N+]1=O. The smallest absolute Gasteiger partial charge is 0.523 e. The maximum Gasteiger partial charge on any atom is 0.523 e. The number of nitrogens with zero attached hydrogens (tertiary/aromatic N) is 4. The molecule has 1 aromatic rings. The monoisotopic (exact) mass is 237 g/mol. The Hall–Kier alpha value is -1.72. The van der Waals surface area contributed by atoms with E-state index in [-0.39, 0.29) is 5.84 Å². The van der Waals surface area contributed by atoms with Crippen molar-refractivity contribution in [2.24, 2.45) is 7.05 Å². The van der Waals surface area contributed by atoms with Gasteiger partial charge in [0.2, 0.25) is 11.2 Å². The molecule has 6 heteroatoms. The Kier molecular flexibility index (Phi) is 2.18. The third-order valence-electron chi connectivity index (χ3n) is 3.94. The van der Waals surface area contributed by atoms with Crippen molar-refractivity contribution in [3.05, 3.63) is 28.3 Å². The van der Waals surface area contributed by atoms with E-state index in [1.54, 1.807) is 45.6 Å². The van der Waals surface area contributed by atoms with Crippen LogP contribution in [0, 0.1) is 10.1 Å². The normalized spacial score (nSPS) is 22.3. The van der Waals surface area contributed by atoms with Gasteiger partial charge >= 0.3 is 5.84 Å². The summed E-state index contributed by atoms with van der Waals surface area (Å²) in [5.74, 6) is 0.125. The summed E-state index contributed by atoms with van der Waals surface area (Å²) in [6, 6.07) is 0. The van der Waals surface area contributed by atoms with Crippen molar-refractivity contribution in [1.29, 1.82) is 0 Å². The first-order valence-electron chi connectivity index (χ1n) is 5.49. The second kappa shape index (κ2) is 3.15. The molecule has 0 radical (unpaired) electrons. The van der Waals surface area contributed by atoms with Crippen LogP contribution < -0.4 is 0 Å². The van der Waals surface area contributed by atoms with Crippen LogP contribution in [0.1, 0.15) is 33.4 Å². The molecule has 2 heterocycles. The summed E-state index contributed by atoms with van der Waals surface area (Å²) in [7, 11) is 1.76. The molecule has 0 saturated carbocycles. The Morgan fingerprint density at radius 3 is 2.24 bits per heavy atom. The Balaban J connectivity index is 2.68. The van der Waals surface area contributed by atoms with Crippen LogP contribution in [0.3, 0.4) is 0 Å². The lowest BCUT2D eigenvalue weighted by Gasteiger charge is -2.22. The van der Waals surface area contributed by atoms with Crippen molar-refractivity contribution in [2.45, 2.75) is 38.8 Å². The van der Waals surface area contributed by atoms with Gasteiger partial charge in [-0.05, 0) is 0 Å². The van der Waals surface area contributed by atoms with Crippen molar-refractivity contribution in [2.75, 3.05) is 0 Å². The maximum atomic E-state index is 12.3. The molecule has 1 aliphatic rings. The molecule has 0 amide bonds. The standard InChI is InChI=1S/C11H17N4O2/c1-10(2)11(3,4)15(17)9(14(10)16)8-6-12-7-13(8)5/h6-7H,1-5H3/q+1. The van der Waals surface area contributed by atoms with E-state index >= 15 is 0 Å². The van der Waals surface area contributed by atoms with E-state index in [4.69, 9.17) is 0 Å². The fourth-order valence-electron chi connectivity index (χ4n) is 1.89. The summed E-state index contributed by atoms with van der Waals surface area (Å²) in [5, 5.41) is 12.3. The zero-order valence-corrected chi connectivity index (χ0v) is 10.8. The Labute approximate surface area is 99.7 Å². The van der Waals surface area contributed by atoms with Gasteiger partial charge in [-0.25, -0.2) is 4.98 Å². The quantitative estimate of drug-likeness (QED) is 0.541. The zero-order valence-electron chi connectivity index (χ0n) is 10.8. The lowest BCUT2D eigenvalue weighted by molar-refractivity contribution is -0.555. The highest BCUT2D eigenvalue weighted by molar-refractivity contribution is 5.87. The number of hydroxylamine groups is 1. The summed E-state index contributed by atoms with van der Waals surface area (Å²) in [5.41, 5.74) is -1.03. The maximum absolute atomic E-state index is 12.3. The van der Waals surface area contributed by atoms with Gasteiger partial charge in [-0.1, -0.05) is 0 Å². The number of aromatic nitrogens is 2. The Morgan fingerprint density at radius 1 is 1.29 bits per heavy atom. The van der Waals surface area contributed by atoms with Gasteiger partial charge in [0.25, 0.3) is 5.54 Å². The number of nitroso groups, excluding NO2 is 1. The molecule has 0 unspecified atom stereocenters. The molecular weight excluding hydrogens is 220 g/mol. The minimum Gasteiger partial charge on any atom is -0.618 e. The highest BCUT2D eigenvalue weighted by Crippen LogP contribution is 2.34. The average molecular weight is 237 g/mol. The fourth-order valence-corrected chi connectivity index (χ4v) is 1.89. The molecule has 2 rings (SSSR count). The second-order valence-electron chi connectivity index (χ2n) is 5.42. The van der Waals surface area contributed by atoms with Crippen LogP contribution >= 0.6 is 0 Å². The zero-order chi connectivity index (χ0) is 13.0. The minimum atomic E-state index is -0.783. The molecule has 0 bridgehead atoms. The predicted octanol–water partition coefficient (Wildman–Crippen LogP) is 1.03. The molecule has 0 saturated heterocycles. The van der Waals surface area contributed by atoms with Gasteiger partial charge in [-0.2, -0.15) is 0 Å². The molecule has 92 valence electrons. The molecule has 0 N–H and O–H groups in total. The topological polar surface area (TPSA) is 64.0 Å². The lowest BCUT2D eigenvalue weighted by atomic mass is 9.84. The summed E-state index contributed by atoms with van der Waals surface area (Å²) < 4.78 is 3.25. The highest BCUT2D eigenvalue weighted by atomic mass is 16.5. The van der Waals surface area contributed by atoms with Crippen molar-refractivity contribution in [3.63, 3.8) is 0 Å². The summed E-state index contributed by atoms with van der Waals surface area (Å²) in [6.07, 6.45) is 3.10. The van der Waals surface area contributed by atoms with E-state index < -0.39 is 11.1 Å². The highest BCUT2D eigenvalue weighted by Gasteiger charge is 2.68. The molecular formula is C11H17N4O2+. The molecule has 0 aromatic carbocycles. The van der Waals surface area contributed by atoms with Gasteiger partial charge in [-0.15, -0.1) is 4.74 Å². The molecule has 0 atom stereocenters. The molecule has 6 nitrogen and oxygen atoms in total. The Morgan fingerprint density at radius 2 is 1.88 bits per heavy atom. The van der Waals surface area contributed by atoms with Crippen LogP contribution in [0.5, 0.6) is 0 Å². The number of hydrogen-bond donors (Lipinski definition) is 0. The Bertz CT molecular complexity index is 525. The summed E-state index contributed by atoms with van der Waals surface area (Å²) in [6.45, 7) is 7.09. The lowest BCUT2D eigenvalue weighted by Crippen LogP contribution is -2.50. The van der Waals surface area contributed by atoms with Gasteiger partial charge < -0.3 is 9.77 Å². The predicted molar refractivity (Wildman–Crippen MR) is 62.7 cm³/mol. The van der Waals surface area contributed by atoms with E-state index in [9.17, 15) is 10.1 Å². The number of rotatable bonds is 1. The van der Waals surface area contributed by atoms with Crippen molar-refractivity contribution < 1.29 is 9.50 Å². The van der Waals surface area contributed by atoms with Crippen LogP contribution in [0.4, 0.5) is 0 Å². The first-order chi connectivity index (χ1) is 7.71. The van der Waals surface area contributed by atoms with Crippen molar-refractivity contribution in [1.82, 2.24) is 9.55 Å². The summed E-state index contributed by atoms with van der Waals surface area (Å²) >= 11 is 0. The van der Waals surface area contributed by atoms with Crippen LogP contribution in [-0.4, -0.2) is 36.0 Å². The van der Waals surface area contributed by atoms with E-state index in [0.29, 0.717) is 5.69 Å². The van der Waals surface area contributed by atoms with Crippen LogP contribution in [0.15, 0.2) is 12.5 Å². The molecule has 0 aliphatic carbocycles. The van der Waals surface area contributed by atoms with E-state index in [2.05, 4.69) is 4.98 Å². The minimum absolute atomic E-state index is 0.125. The number of aryl methyl sites for hydroxylation is 1. The molecule has 1 aliphatic heterocycles. The second-order valence-corrected chi connectivity index (χ2v) is 5.42. The first-order valence-corrected chi connectivity index (χ1v) is 5.49. The van der Waals surface area contributed by atoms with E-state index in [1.807, 2.05) is 0 Å². The third-order valence-corrected chi connectivity index (χ3v) is 3.94. The number of amidine groups is 1. The fraction of sp³-hybridized carbons (Fsp3) is 0.636. The average Bonchev–Trinajstić information content (AvgIpc) is 2.68. The number of imidazole rings is 1. The third kappa shape index (κ3) is 1.26. The van der Waals surface area contributed by atoms with E-state index in [1.165, 1.54) is 6.20 Å². The van der Waals surface area contributed by atoms with Crippen LogP contribution in [0.25, 0.3) is 0 Å². The van der Waals surface area contributed by atoms with Gasteiger partial charge in [-0.3, -0.25) is 0 Å². The first kappa shape index (κ1) is 11.8. The van der Waals surface area contributed by atoms with Gasteiger partial charge in [0.1, 0.15) is 4.76 Å². The van der Waals surface area contributed by atoms with Gasteiger partial charge in [0.15, 0.2) is 0 Å². The van der Waals surface area contributed by atoms with Crippen LogP contribution in [0.2, 0.25) is 0 Å². The van der Waals surface area contributed by atoms with Gasteiger partial charge in [0, 0.05) is 39.6 Å². The van der Waals surface area contributed by atoms with Crippen LogP contribution in [-0.2, 0) is 7.05 Å². The molecule has 0 spiro atoms. The van der Waals surface area contributed by atoms with Gasteiger partial charge in [0.05, 0.1) is 12.5 Å². The summed E-state index contributed by atoms with van der Waals surface area (Å²) in [4.78, 5) is 16.2. The molecule has 17 heavy (non-hydrogen) atoms. The van der Waals surface area contributed by atoms with E-state index in [0.717, 1.165) is 9.50 Å². The van der Waals surface area contributed by atoms with Crippen molar-refractivity contribution in [3.8, 4) is 0 Å². The molecule has 0 fully saturated rings. The largest absolute Gasteiger partial charge is 0.618 e.